The van der Waals surface area contributed by atoms with E-state index < -0.39 is 0 Å². The van der Waals surface area contributed by atoms with Crippen LogP contribution in [0, 0.1) is 55.4 Å². The summed E-state index contributed by atoms with van der Waals surface area (Å²) in [5, 5.41) is 0. The summed E-state index contributed by atoms with van der Waals surface area (Å²) in [6.07, 6.45) is 0. The van der Waals surface area contributed by atoms with Crippen LogP contribution in [0.15, 0.2) is 156 Å². The second-order valence-electron chi connectivity index (χ2n) is 16.9. The molecule has 2 heteroatoms. The lowest BCUT2D eigenvalue weighted by Gasteiger charge is -2.31. The summed E-state index contributed by atoms with van der Waals surface area (Å²) in [7, 11) is 0. The maximum Gasteiger partial charge on any atom is 0.194 e. The molecule has 0 heterocycles. The van der Waals surface area contributed by atoms with Crippen molar-refractivity contribution >= 4 is 21.7 Å². The maximum atomic E-state index is 12.4. The van der Waals surface area contributed by atoms with Crippen molar-refractivity contribution in [2.24, 2.45) is 0 Å². The number of carbonyl (C=O) groups excluding carboxylic acids is 1. The lowest BCUT2D eigenvalue weighted by atomic mass is 9.70. The van der Waals surface area contributed by atoms with E-state index in [-0.39, 0.29) is 27.5 Å². The van der Waals surface area contributed by atoms with Crippen LogP contribution < -0.4 is 0 Å². The third-order valence-corrected chi connectivity index (χ3v) is 14.0. The summed E-state index contributed by atoms with van der Waals surface area (Å²) in [5.74, 6) is 0.172. The van der Waals surface area contributed by atoms with Crippen LogP contribution in [0.1, 0.15) is 99.0 Å². The molecule has 11 rings (SSSR count). The lowest BCUT2D eigenvalue weighted by Crippen LogP contribution is -2.26. The molecule has 0 unspecified atom stereocenters. The van der Waals surface area contributed by atoms with Gasteiger partial charge in [-0.15, -0.1) is 0 Å². The van der Waals surface area contributed by atoms with E-state index in [1.54, 1.807) is 0 Å². The molecule has 0 radical (unpaired) electrons. The van der Waals surface area contributed by atoms with E-state index in [1.807, 2.05) is 30.3 Å². The van der Waals surface area contributed by atoms with Gasteiger partial charge in [0.25, 0.3) is 0 Å². The molecule has 62 heavy (non-hydrogen) atoms. The first-order chi connectivity index (χ1) is 28.9. The van der Waals surface area contributed by atoms with Crippen LogP contribution >= 0.6 is 15.9 Å². The van der Waals surface area contributed by atoms with E-state index in [1.165, 1.54) is 100 Å². The number of hydrogen-bond acceptors (Lipinski definition) is 1. The van der Waals surface area contributed by atoms with Crippen LogP contribution in [0.3, 0.4) is 0 Å². The van der Waals surface area contributed by atoms with Crippen molar-refractivity contribution < 1.29 is 6.22 Å². The molecule has 0 saturated heterocycles. The minimum Gasteiger partial charge on any atom is -0.289 e. The van der Waals surface area contributed by atoms with Gasteiger partial charge in [-0.2, -0.15) is 0 Å². The Kier molecular flexibility index (Phi) is 12.1. The Morgan fingerprint density at radius 2 is 0.661 bits per heavy atom. The van der Waals surface area contributed by atoms with Crippen molar-refractivity contribution in [1.29, 1.82) is 0 Å². The molecule has 0 aliphatic heterocycles. The Morgan fingerprint density at radius 1 is 0.339 bits per heavy atom. The number of hydrogen-bond donors (Lipinski definition) is 0. The van der Waals surface area contributed by atoms with Crippen LogP contribution in [0.25, 0.3) is 44.5 Å². The predicted octanol–water partition coefficient (Wildman–Crippen LogP) is 17.0. The van der Waals surface area contributed by atoms with Gasteiger partial charge in [-0.3, -0.25) is 4.79 Å². The van der Waals surface area contributed by atoms with Crippen LogP contribution in [-0.2, 0) is 5.41 Å². The first-order valence-electron chi connectivity index (χ1n) is 20.9. The maximum absolute atomic E-state index is 12.4. The number of carbonyl (C=O) groups is 1. The zero-order chi connectivity index (χ0) is 42.0. The van der Waals surface area contributed by atoms with E-state index >= 15 is 0 Å². The van der Waals surface area contributed by atoms with Gasteiger partial charge in [0.2, 0.25) is 0 Å². The standard InChI is InChI=1S/C29H24.C17H16O.C12H9Br.2CH4.H2/c1-17-13-23-24-14-18(2)20(4)16-28(24)29(27(23)15-19(17)3)25-11-7-5-9-21(25)22-10-6-8-12-26(22)29;1-9-5-13-14-6-10(2)12(4)8-16(14)17(18)15(13)7-11(9)3;13-12-9-5-4-8-11(12)10-6-2-1-3-7-10;;;/h5-16H,1-4H3;5-8H,1-4H3;1-9H;2*1H4;1H/i;;;;;1+1. The number of aryl methyl sites for hydroxylation is 8. The van der Waals surface area contributed by atoms with Gasteiger partial charge >= 0.3 is 0 Å². The number of halogens is 1. The Balaban J connectivity index is 0.000000168. The molecule has 8 aromatic rings. The van der Waals surface area contributed by atoms with E-state index in [2.05, 4.69) is 193 Å². The highest BCUT2D eigenvalue weighted by Crippen LogP contribution is 2.63. The largest absolute Gasteiger partial charge is 0.289 e. The van der Waals surface area contributed by atoms with E-state index in [0.717, 1.165) is 26.7 Å². The first kappa shape index (κ1) is 44.0. The molecule has 8 aromatic carbocycles. The fourth-order valence-electron chi connectivity index (χ4n) is 9.57. The van der Waals surface area contributed by atoms with Crippen LogP contribution in [-0.4, -0.2) is 5.78 Å². The Labute approximate surface area is 380 Å². The summed E-state index contributed by atoms with van der Waals surface area (Å²) in [6, 6.07) is 54.7. The highest BCUT2D eigenvalue weighted by Gasteiger charge is 2.51. The molecular weight excluding hydrogens is 817 g/mol. The van der Waals surface area contributed by atoms with E-state index in [0.29, 0.717) is 0 Å². The normalized spacial score (nSPS) is 12.5. The van der Waals surface area contributed by atoms with E-state index in [4.69, 9.17) is 0 Å². The summed E-state index contributed by atoms with van der Waals surface area (Å²) >= 11 is 3.53. The van der Waals surface area contributed by atoms with Gasteiger partial charge in [0.15, 0.2) is 5.78 Å². The van der Waals surface area contributed by atoms with Crippen LogP contribution in [0.4, 0.5) is 0 Å². The fourth-order valence-corrected chi connectivity index (χ4v) is 10.1. The van der Waals surface area contributed by atoms with Crippen LogP contribution in [0.5, 0.6) is 0 Å². The average Bonchev–Trinajstić information content (AvgIpc) is 3.79. The smallest absolute Gasteiger partial charge is 0.194 e. The molecule has 0 bridgehead atoms. The van der Waals surface area contributed by atoms with Gasteiger partial charge in [-0.25, -0.2) is 0 Å². The van der Waals surface area contributed by atoms with Gasteiger partial charge in [-0.05, 0) is 185 Å². The second-order valence-corrected chi connectivity index (χ2v) is 17.8. The second kappa shape index (κ2) is 17.0. The molecule has 0 saturated carbocycles. The zero-order valence-electron chi connectivity index (χ0n) is 35.7. The number of fused-ring (bicyclic) bond motifs is 13. The Hall–Kier alpha value is -6.09. The quantitative estimate of drug-likeness (QED) is 0.161. The summed E-state index contributed by atoms with van der Waals surface area (Å²) < 4.78 is 1.14. The third-order valence-electron chi connectivity index (χ3n) is 13.3. The minimum absolute atomic E-state index is 0. The van der Waals surface area contributed by atoms with Crippen molar-refractivity contribution in [2.75, 3.05) is 0 Å². The third kappa shape index (κ3) is 6.99. The molecule has 0 fully saturated rings. The minimum atomic E-state index is -0.214. The van der Waals surface area contributed by atoms with Crippen molar-refractivity contribution in [3.8, 4) is 44.5 Å². The average molecular weight is 877 g/mol. The highest BCUT2D eigenvalue weighted by atomic mass is 79.9. The zero-order valence-corrected chi connectivity index (χ0v) is 37.3. The number of benzene rings is 8. The Morgan fingerprint density at radius 3 is 1.08 bits per heavy atom. The van der Waals surface area contributed by atoms with Gasteiger partial charge in [0.05, 0.1) is 5.41 Å². The van der Waals surface area contributed by atoms with Gasteiger partial charge < -0.3 is 0 Å². The molecular formula is C60H59BrO. The van der Waals surface area contributed by atoms with Crippen molar-refractivity contribution in [3.05, 3.63) is 234 Å². The number of ketones is 1. The lowest BCUT2D eigenvalue weighted by molar-refractivity contribution is 0.104. The molecule has 0 amide bonds. The van der Waals surface area contributed by atoms with Crippen molar-refractivity contribution in [3.63, 3.8) is 0 Å². The highest BCUT2D eigenvalue weighted by molar-refractivity contribution is 9.10. The fraction of sp³-hybridized carbons (Fsp3) is 0.183. The molecule has 3 aliphatic rings. The number of rotatable bonds is 1. The van der Waals surface area contributed by atoms with Gasteiger partial charge in [0.1, 0.15) is 0 Å². The van der Waals surface area contributed by atoms with Gasteiger partial charge in [-0.1, -0.05) is 164 Å². The monoisotopic (exact) mass is 875 g/mol. The molecule has 3 aliphatic carbocycles. The topological polar surface area (TPSA) is 17.1 Å². The van der Waals surface area contributed by atoms with Crippen LogP contribution in [0.2, 0.25) is 0 Å². The van der Waals surface area contributed by atoms with E-state index in [9.17, 15) is 4.79 Å². The molecule has 0 aromatic heterocycles. The SMILES string of the molecule is Brc1ccccc1-c1ccccc1.C.C.Cc1cc2c(cc1C)-c1cc(C)c(C)cc1C2=O.Cc1cc2c(cc1C)C1(c3ccccc3-c3ccccc31)c1cc(C)c(C)cc1-2.[2HH]. The summed E-state index contributed by atoms with van der Waals surface area (Å²) in [6.45, 7) is 17.3. The Bertz CT molecular complexity index is 2880. The summed E-state index contributed by atoms with van der Waals surface area (Å²) in [4.78, 5) is 12.4. The molecule has 1 spiro atoms. The molecule has 312 valence electrons. The molecule has 1 nitrogen and oxygen atoms in total. The first-order valence-corrected chi connectivity index (χ1v) is 21.7. The molecule has 0 N–H and O–H groups in total. The predicted molar refractivity (Wildman–Crippen MR) is 271 cm³/mol. The van der Waals surface area contributed by atoms with Crippen molar-refractivity contribution in [1.82, 2.24) is 0 Å². The van der Waals surface area contributed by atoms with Crippen molar-refractivity contribution in [2.45, 2.75) is 75.7 Å². The molecule has 0 atom stereocenters. The summed E-state index contributed by atoms with van der Waals surface area (Å²) in [5.41, 5.74) is 27.8. The van der Waals surface area contributed by atoms with Gasteiger partial charge in [0, 0.05) is 17.0 Å².